The van der Waals surface area contributed by atoms with Crippen LogP contribution in [0.15, 0.2) is 41.2 Å². The fourth-order valence-corrected chi connectivity index (χ4v) is 4.02. The summed E-state index contributed by atoms with van der Waals surface area (Å²) in [5, 5.41) is 2.90. The molecule has 1 aromatic heterocycles. The Kier molecular flexibility index (Phi) is 4.38. The fourth-order valence-electron chi connectivity index (χ4n) is 3.02. The Labute approximate surface area is 154 Å². The van der Waals surface area contributed by atoms with Crippen LogP contribution in [0.4, 0.5) is 5.69 Å². The number of benzene rings is 2. The van der Waals surface area contributed by atoms with E-state index in [0.29, 0.717) is 25.1 Å². The zero-order valence-corrected chi connectivity index (χ0v) is 15.1. The molecule has 0 saturated heterocycles. The maximum absolute atomic E-state index is 12.3. The van der Waals surface area contributed by atoms with Gasteiger partial charge in [0, 0.05) is 18.7 Å². The average Bonchev–Trinajstić information content (AvgIpc) is 3.22. The van der Waals surface area contributed by atoms with Crippen LogP contribution in [0.1, 0.15) is 18.9 Å². The van der Waals surface area contributed by atoms with Crippen LogP contribution in [0.5, 0.6) is 11.5 Å². The normalized spacial score (nSPS) is 12.5. The van der Waals surface area contributed by atoms with Gasteiger partial charge in [-0.3, -0.25) is 14.2 Å². The van der Waals surface area contributed by atoms with E-state index in [1.807, 2.05) is 43.3 Å². The number of carbonyl (C=O) groups excluding carboxylic acids is 1. The lowest BCUT2D eigenvalue weighted by molar-refractivity contribution is -0.116. The van der Waals surface area contributed by atoms with Gasteiger partial charge in [-0.2, -0.15) is 0 Å². The zero-order valence-electron chi connectivity index (χ0n) is 14.3. The Morgan fingerprint density at radius 1 is 1.19 bits per heavy atom. The van der Waals surface area contributed by atoms with Crippen LogP contribution in [0.2, 0.25) is 0 Å². The molecule has 0 fully saturated rings. The monoisotopic (exact) mass is 370 g/mol. The molecule has 4 rings (SSSR count). The molecule has 0 bridgehead atoms. The molecule has 3 aromatic rings. The first-order chi connectivity index (χ1) is 12.6. The highest BCUT2D eigenvalue weighted by atomic mass is 32.1. The number of amides is 1. The molecule has 1 aliphatic rings. The summed E-state index contributed by atoms with van der Waals surface area (Å²) >= 11 is 1.20. The minimum atomic E-state index is -0.0655. The molecule has 2 heterocycles. The number of thiazole rings is 1. The average molecular weight is 370 g/mol. The molecule has 2 aromatic carbocycles. The van der Waals surface area contributed by atoms with Crippen molar-refractivity contribution in [2.75, 3.05) is 12.1 Å². The van der Waals surface area contributed by atoms with Gasteiger partial charge in [-0.25, -0.2) is 0 Å². The second-order valence-corrected chi connectivity index (χ2v) is 7.02. The van der Waals surface area contributed by atoms with E-state index in [-0.39, 0.29) is 17.6 Å². The highest BCUT2D eigenvalue weighted by Crippen LogP contribution is 2.32. The Balaban J connectivity index is 1.41. The van der Waals surface area contributed by atoms with Gasteiger partial charge in [0.1, 0.15) is 0 Å². The topological polar surface area (TPSA) is 69.6 Å². The van der Waals surface area contributed by atoms with Crippen molar-refractivity contribution in [3.63, 3.8) is 0 Å². The summed E-state index contributed by atoms with van der Waals surface area (Å²) in [4.78, 5) is 24.2. The lowest BCUT2D eigenvalue weighted by atomic mass is 10.1. The first-order valence-electron chi connectivity index (χ1n) is 8.46. The molecule has 0 radical (unpaired) electrons. The minimum Gasteiger partial charge on any atom is -0.454 e. The predicted octanol–water partition coefficient (Wildman–Crippen LogP) is 3.38. The van der Waals surface area contributed by atoms with Crippen molar-refractivity contribution < 1.29 is 14.3 Å². The second-order valence-electron chi connectivity index (χ2n) is 6.03. The third-order valence-corrected chi connectivity index (χ3v) is 5.29. The Hall–Kier alpha value is -2.80. The standard InChI is InChI=1S/C19H18N2O4S/c1-2-21-14-6-5-13(10-17(14)26-19(21)23)20-18(22)8-4-12-3-7-15-16(9-12)25-11-24-15/h3,5-7,9-10H,2,4,8,11H2,1H3,(H,20,22). The van der Waals surface area contributed by atoms with Crippen molar-refractivity contribution in [3.05, 3.63) is 51.6 Å². The number of carbonyl (C=O) groups is 1. The van der Waals surface area contributed by atoms with Crippen LogP contribution >= 0.6 is 11.3 Å². The second kappa shape index (κ2) is 6.84. The number of hydrogen-bond donors (Lipinski definition) is 1. The third-order valence-electron chi connectivity index (χ3n) is 4.35. The van der Waals surface area contributed by atoms with E-state index >= 15 is 0 Å². The van der Waals surface area contributed by atoms with E-state index in [2.05, 4.69) is 5.32 Å². The van der Waals surface area contributed by atoms with Crippen LogP contribution in [0, 0.1) is 0 Å². The molecule has 26 heavy (non-hydrogen) atoms. The minimum absolute atomic E-state index is 0.0220. The molecule has 0 saturated carbocycles. The molecule has 0 unspecified atom stereocenters. The van der Waals surface area contributed by atoms with Gasteiger partial charge in [-0.05, 0) is 49.2 Å². The fraction of sp³-hybridized carbons (Fsp3) is 0.263. The maximum atomic E-state index is 12.3. The van der Waals surface area contributed by atoms with E-state index in [9.17, 15) is 9.59 Å². The molecule has 1 amide bonds. The van der Waals surface area contributed by atoms with Gasteiger partial charge in [0.05, 0.1) is 10.2 Å². The number of hydrogen-bond acceptors (Lipinski definition) is 5. The first-order valence-corrected chi connectivity index (χ1v) is 9.27. The molecule has 1 N–H and O–H groups in total. The molecule has 6 nitrogen and oxygen atoms in total. The van der Waals surface area contributed by atoms with Crippen molar-refractivity contribution >= 4 is 33.1 Å². The predicted molar refractivity (Wildman–Crippen MR) is 101 cm³/mol. The van der Waals surface area contributed by atoms with Crippen molar-refractivity contribution in [3.8, 4) is 11.5 Å². The van der Waals surface area contributed by atoms with Gasteiger partial charge in [-0.1, -0.05) is 17.4 Å². The number of ether oxygens (including phenoxy) is 2. The Bertz CT molecular complexity index is 1040. The van der Waals surface area contributed by atoms with Crippen LogP contribution in [-0.2, 0) is 17.8 Å². The summed E-state index contributed by atoms with van der Waals surface area (Å²) in [7, 11) is 0. The summed E-state index contributed by atoms with van der Waals surface area (Å²) in [6.45, 7) is 2.83. The van der Waals surface area contributed by atoms with Crippen LogP contribution in [0.25, 0.3) is 10.2 Å². The van der Waals surface area contributed by atoms with Gasteiger partial charge in [0.2, 0.25) is 12.7 Å². The number of rotatable bonds is 5. The molecule has 0 aliphatic carbocycles. The van der Waals surface area contributed by atoms with E-state index in [4.69, 9.17) is 9.47 Å². The molecule has 0 spiro atoms. The number of anilines is 1. The third kappa shape index (κ3) is 3.17. The van der Waals surface area contributed by atoms with Gasteiger partial charge in [-0.15, -0.1) is 0 Å². The van der Waals surface area contributed by atoms with E-state index < -0.39 is 0 Å². The van der Waals surface area contributed by atoms with Crippen molar-refractivity contribution in [2.24, 2.45) is 0 Å². The van der Waals surface area contributed by atoms with E-state index in [1.165, 1.54) is 11.3 Å². The molecule has 134 valence electrons. The van der Waals surface area contributed by atoms with Gasteiger partial charge in [0.25, 0.3) is 0 Å². The van der Waals surface area contributed by atoms with E-state index in [0.717, 1.165) is 27.3 Å². The number of aromatic nitrogens is 1. The Morgan fingerprint density at radius 3 is 2.88 bits per heavy atom. The highest BCUT2D eigenvalue weighted by molar-refractivity contribution is 7.16. The van der Waals surface area contributed by atoms with Gasteiger partial charge >= 0.3 is 4.87 Å². The molecule has 0 atom stereocenters. The number of nitrogens with zero attached hydrogens (tertiary/aromatic N) is 1. The summed E-state index contributed by atoms with van der Waals surface area (Å²) < 4.78 is 13.2. The summed E-state index contributed by atoms with van der Waals surface area (Å²) in [6, 6.07) is 11.3. The Morgan fingerprint density at radius 2 is 2.04 bits per heavy atom. The molecular formula is C19H18N2O4S. The van der Waals surface area contributed by atoms with Crippen molar-refractivity contribution in [2.45, 2.75) is 26.3 Å². The number of nitrogens with one attached hydrogen (secondary N) is 1. The lowest BCUT2D eigenvalue weighted by Gasteiger charge is -2.07. The largest absolute Gasteiger partial charge is 0.454 e. The van der Waals surface area contributed by atoms with Gasteiger partial charge in [0.15, 0.2) is 11.5 Å². The summed E-state index contributed by atoms with van der Waals surface area (Å²) in [5.74, 6) is 1.40. The number of aryl methyl sites for hydroxylation is 2. The maximum Gasteiger partial charge on any atom is 0.308 e. The highest BCUT2D eigenvalue weighted by Gasteiger charge is 2.14. The van der Waals surface area contributed by atoms with Crippen molar-refractivity contribution in [1.82, 2.24) is 4.57 Å². The van der Waals surface area contributed by atoms with Gasteiger partial charge < -0.3 is 14.8 Å². The smallest absolute Gasteiger partial charge is 0.308 e. The SMILES string of the molecule is CCn1c(=O)sc2cc(NC(=O)CCc3ccc4c(c3)OCO4)ccc21. The quantitative estimate of drug-likeness (QED) is 0.747. The summed E-state index contributed by atoms with van der Waals surface area (Å²) in [6.07, 6.45) is 0.980. The van der Waals surface area contributed by atoms with E-state index in [1.54, 1.807) is 4.57 Å². The summed E-state index contributed by atoms with van der Waals surface area (Å²) in [5.41, 5.74) is 2.64. The molecule has 7 heteroatoms. The first kappa shape index (κ1) is 16.7. The molecular weight excluding hydrogens is 352 g/mol. The van der Waals surface area contributed by atoms with Crippen LogP contribution < -0.4 is 19.7 Å². The lowest BCUT2D eigenvalue weighted by Crippen LogP contribution is -2.12. The van der Waals surface area contributed by atoms with Crippen LogP contribution in [-0.4, -0.2) is 17.3 Å². The molecule has 1 aliphatic heterocycles. The number of fused-ring (bicyclic) bond motifs is 2. The van der Waals surface area contributed by atoms with Crippen molar-refractivity contribution in [1.29, 1.82) is 0 Å². The zero-order chi connectivity index (χ0) is 18.1. The van der Waals surface area contributed by atoms with Crippen LogP contribution in [0.3, 0.4) is 0 Å².